The van der Waals surface area contributed by atoms with E-state index in [9.17, 15) is 4.79 Å². The Morgan fingerprint density at radius 1 is 1.19 bits per heavy atom. The summed E-state index contributed by atoms with van der Waals surface area (Å²) in [6.07, 6.45) is 2.51. The van der Waals surface area contributed by atoms with Gasteiger partial charge in [0.15, 0.2) is 11.5 Å². The van der Waals surface area contributed by atoms with Crippen LogP contribution in [0.1, 0.15) is 15.9 Å². The van der Waals surface area contributed by atoms with Crippen molar-refractivity contribution < 1.29 is 19.4 Å². The van der Waals surface area contributed by atoms with Gasteiger partial charge < -0.3 is 19.9 Å². The zero-order chi connectivity index (χ0) is 15.2. The first-order chi connectivity index (χ1) is 10.1. The number of aromatic nitrogens is 2. The molecule has 1 heterocycles. The number of carbonyl (C=O) groups is 1. The minimum atomic E-state index is -1.05. The van der Waals surface area contributed by atoms with Crippen LogP contribution in [0.4, 0.5) is 5.95 Å². The molecule has 0 unspecified atom stereocenters. The van der Waals surface area contributed by atoms with Gasteiger partial charge in [0, 0.05) is 18.9 Å². The van der Waals surface area contributed by atoms with E-state index in [1.54, 1.807) is 14.2 Å². The van der Waals surface area contributed by atoms with E-state index >= 15 is 0 Å². The molecule has 110 valence electrons. The summed E-state index contributed by atoms with van der Waals surface area (Å²) in [5.74, 6) is 0.596. The molecule has 7 heteroatoms. The Balaban J connectivity index is 2.04. The van der Waals surface area contributed by atoms with Gasteiger partial charge in [-0.2, -0.15) is 0 Å². The van der Waals surface area contributed by atoms with E-state index in [4.69, 9.17) is 14.6 Å². The fourth-order valence-electron chi connectivity index (χ4n) is 1.70. The summed E-state index contributed by atoms with van der Waals surface area (Å²) >= 11 is 0. The van der Waals surface area contributed by atoms with Crippen LogP contribution in [0.2, 0.25) is 0 Å². The summed E-state index contributed by atoms with van der Waals surface area (Å²) in [6, 6.07) is 5.54. The third-order valence-corrected chi connectivity index (χ3v) is 2.80. The first kappa shape index (κ1) is 14.6. The lowest BCUT2D eigenvalue weighted by molar-refractivity contribution is 0.0696. The molecule has 0 aliphatic heterocycles. The number of methoxy groups -OCH3 is 2. The quantitative estimate of drug-likeness (QED) is 0.837. The van der Waals surface area contributed by atoms with E-state index in [0.717, 1.165) is 5.56 Å². The topological polar surface area (TPSA) is 93.6 Å². The molecule has 0 fully saturated rings. The fraction of sp³-hybridized carbons (Fsp3) is 0.214. The zero-order valence-corrected chi connectivity index (χ0v) is 11.7. The molecule has 0 atom stereocenters. The van der Waals surface area contributed by atoms with Crippen LogP contribution in [-0.4, -0.2) is 35.3 Å². The van der Waals surface area contributed by atoms with E-state index in [1.165, 1.54) is 12.4 Å². The lowest BCUT2D eigenvalue weighted by Gasteiger charge is -2.10. The van der Waals surface area contributed by atoms with Crippen LogP contribution in [0.3, 0.4) is 0 Å². The molecule has 1 aromatic carbocycles. The van der Waals surface area contributed by atoms with E-state index in [0.29, 0.717) is 24.0 Å². The lowest BCUT2D eigenvalue weighted by Crippen LogP contribution is -2.06. The van der Waals surface area contributed by atoms with Crippen molar-refractivity contribution in [1.29, 1.82) is 0 Å². The summed E-state index contributed by atoms with van der Waals surface area (Å²) in [7, 11) is 3.15. The monoisotopic (exact) mass is 289 g/mol. The Labute approximate surface area is 121 Å². The first-order valence-corrected chi connectivity index (χ1v) is 6.14. The molecular formula is C14H15N3O4. The molecule has 0 bridgehead atoms. The summed E-state index contributed by atoms with van der Waals surface area (Å²) < 4.78 is 10.4. The van der Waals surface area contributed by atoms with Gasteiger partial charge in [0.1, 0.15) is 0 Å². The van der Waals surface area contributed by atoms with Crippen LogP contribution in [0, 0.1) is 0 Å². The first-order valence-electron chi connectivity index (χ1n) is 6.14. The molecule has 0 saturated carbocycles. The molecule has 2 N–H and O–H groups in total. The Kier molecular flexibility index (Phi) is 4.55. The predicted octanol–water partition coefficient (Wildman–Crippen LogP) is 1.80. The minimum Gasteiger partial charge on any atom is -0.493 e. The molecule has 7 nitrogen and oxygen atoms in total. The van der Waals surface area contributed by atoms with E-state index in [1.807, 2.05) is 18.2 Å². The number of rotatable bonds is 6. The summed E-state index contributed by atoms with van der Waals surface area (Å²) in [5.41, 5.74) is 1.00. The highest BCUT2D eigenvalue weighted by molar-refractivity contribution is 5.86. The number of carboxylic acids is 1. The van der Waals surface area contributed by atoms with E-state index in [2.05, 4.69) is 15.3 Å². The molecule has 1 aromatic heterocycles. The summed E-state index contributed by atoms with van der Waals surface area (Å²) in [5, 5.41) is 11.8. The molecular weight excluding hydrogens is 274 g/mol. The summed E-state index contributed by atoms with van der Waals surface area (Å²) in [6.45, 7) is 0.479. The van der Waals surface area contributed by atoms with Gasteiger partial charge in [-0.25, -0.2) is 14.8 Å². The van der Waals surface area contributed by atoms with Crippen LogP contribution >= 0.6 is 0 Å². The second-order valence-corrected chi connectivity index (χ2v) is 4.14. The maximum atomic E-state index is 10.7. The van der Waals surface area contributed by atoms with E-state index < -0.39 is 5.97 Å². The summed E-state index contributed by atoms with van der Waals surface area (Å²) in [4.78, 5) is 18.6. The number of nitrogens with one attached hydrogen (secondary N) is 1. The number of carboxylic acid groups (broad SMARTS) is 1. The SMILES string of the molecule is COc1ccc(CNc2ncc(C(=O)O)cn2)cc1OC. The fourth-order valence-corrected chi connectivity index (χ4v) is 1.70. The molecule has 0 radical (unpaired) electrons. The van der Waals surface area contributed by atoms with Crippen LogP contribution in [0.25, 0.3) is 0 Å². The molecule has 0 aliphatic carbocycles. The third-order valence-electron chi connectivity index (χ3n) is 2.80. The van der Waals surface area contributed by atoms with E-state index in [-0.39, 0.29) is 5.56 Å². The number of aromatic carboxylic acids is 1. The number of ether oxygens (including phenoxy) is 2. The smallest absolute Gasteiger partial charge is 0.338 e. The number of nitrogens with zero attached hydrogens (tertiary/aromatic N) is 2. The molecule has 0 aliphatic rings. The standard InChI is InChI=1S/C14H15N3O4/c1-20-11-4-3-9(5-12(11)21-2)6-15-14-16-7-10(8-17-14)13(18)19/h3-5,7-8H,6H2,1-2H3,(H,18,19)(H,15,16,17). The van der Waals surface area contributed by atoms with Crippen molar-refractivity contribution in [3.8, 4) is 11.5 Å². The van der Waals surface area contributed by atoms with Crippen molar-refractivity contribution in [3.05, 3.63) is 41.7 Å². The largest absolute Gasteiger partial charge is 0.493 e. The van der Waals surface area contributed by atoms with Crippen LogP contribution < -0.4 is 14.8 Å². The van der Waals surface area contributed by atoms with Gasteiger partial charge in [0.25, 0.3) is 0 Å². The van der Waals surface area contributed by atoms with Gasteiger partial charge in [-0.05, 0) is 17.7 Å². The van der Waals surface area contributed by atoms with Gasteiger partial charge in [-0.15, -0.1) is 0 Å². The highest BCUT2D eigenvalue weighted by atomic mass is 16.5. The molecule has 2 rings (SSSR count). The van der Waals surface area contributed by atoms with Gasteiger partial charge in [0.2, 0.25) is 5.95 Å². The Hall–Kier alpha value is -2.83. The maximum absolute atomic E-state index is 10.7. The highest BCUT2D eigenvalue weighted by Gasteiger charge is 2.06. The second-order valence-electron chi connectivity index (χ2n) is 4.14. The number of hydrogen-bond acceptors (Lipinski definition) is 6. The Morgan fingerprint density at radius 2 is 1.86 bits per heavy atom. The van der Waals surface area contributed by atoms with Crippen molar-refractivity contribution in [1.82, 2.24) is 9.97 Å². The van der Waals surface area contributed by atoms with Gasteiger partial charge in [-0.1, -0.05) is 6.07 Å². The van der Waals surface area contributed by atoms with Gasteiger partial charge in [-0.3, -0.25) is 0 Å². The molecule has 0 saturated heterocycles. The zero-order valence-electron chi connectivity index (χ0n) is 11.7. The highest BCUT2D eigenvalue weighted by Crippen LogP contribution is 2.27. The molecule has 21 heavy (non-hydrogen) atoms. The maximum Gasteiger partial charge on any atom is 0.338 e. The molecule has 2 aromatic rings. The second kappa shape index (κ2) is 6.56. The van der Waals surface area contributed by atoms with Crippen LogP contribution in [0.15, 0.2) is 30.6 Å². The number of hydrogen-bond donors (Lipinski definition) is 2. The van der Waals surface area contributed by atoms with Crippen molar-refractivity contribution in [2.24, 2.45) is 0 Å². The average molecular weight is 289 g/mol. The van der Waals surface area contributed by atoms with Crippen molar-refractivity contribution in [2.45, 2.75) is 6.54 Å². The van der Waals surface area contributed by atoms with Crippen LogP contribution in [0.5, 0.6) is 11.5 Å². The van der Waals surface area contributed by atoms with Crippen molar-refractivity contribution in [2.75, 3.05) is 19.5 Å². The van der Waals surface area contributed by atoms with Gasteiger partial charge >= 0.3 is 5.97 Å². The van der Waals surface area contributed by atoms with Crippen molar-refractivity contribution in [3.63, 3.8) is 0 Å². The van der Waals surface area contributed by atoms with Crippen molar-refractivity contribution >= 4 is 11.9 Å². The predicted molar refractivity (Wildman–Crippen MR) is 75.9 cm³/mol. The lowest BCUT2D eigenvalue weighted by atomic mass is 10.2. The van der Waals surface area contributed by atoms with Crippen LogP contribution in [-0.2, 0) is 6.54 Å². The normalized spacial score (nSPS) is 10.0. The minimum absolute atomic E-state index is 0.0478. The molecule has 0 amide bonds. The molecule has 0 spiro atoms. The Bertz CT molecular complexity index is 629. The Morgan fingerprint density at radius 3 is 2.43 bits per heavy atom. The average Bonchev–Trinajstić information content (AvgIpc) is 2.52. The number of benzene rings is 1. The number of anilines is 1. The van der Waals surface area contributed by atoms with Gasteiger partial charge in [0.05, 0.1) is 19.8 Å². The third kappa shape index (κ3) is 3.59.